The van der Waals surface area contributed by atoms with Gasteiger partial charge in [-0.05, 0) is 29.3 Å². The molecule has 1 aliphatic rings. The second-order valence-corrected chi connectivity index (χ2v) is 5.50. The van der Waals surface area contributed by atoms with Crippen molar-refractivity contribution in [2.45, 2.75) is 12.8 Å². The molecule has 0 fully saturated rings. The molecule has 24 heavy (non-hydrogen) atoms. The van der Waals surface area contributed by atoms with Gasteiger partial charge in [-0.3, -0.25) is 9.59 Å². The molecule has 0 saturated carbocycles. The van der Waals surface area contributed by atoms with E-state index < -0.39 is 18.4 Å². The van der Waals surface area contributed by atoms with Crippen LogP contribution in [0.4, 0.5) is 0 Å². The zero-order valence-electron chi connectivity index (χ0n) is 12.8. The van der Waals surface area contributed by atoms with Gasteiger partial charge in [0.15, 0.2) is 6.61 Å². The van der Waals surface area contributed by atoms with Gasteiger partial charge in [-0.2, -0.15) is 0 Å². The number of phenolic OH excluding ortho intramolecular Hbond substituents is 2. The average molecular weight is 328 g/mol. The summed E-state index contributed by atoms with van der Waals surface area (Å²) >= 11 is 0. The minimum Gasteiger partial charge on any atom is -0.508 e. The Morgan fingerprint density at radius 1 is 1.12 bits per heavy atom. The Bertz CT molecular complexity index is 796. The summed E-state index contributed by atoms with van der Waals surface area (Å²) < 4.78 is 10.4. The molecule has 0 radical (unpaired) electrons. The van der Waals surface area contributed by atoms with Crippen molar-refractivity contribution >= 4 is 11.8 Å². The van der Waals surface area contributed by atoms with E-state index in [2.05, 4.69) is 0 Å². The molecule has 1 heterocycles. The van der Waals surface area contributed by atoms with E-state index in [1.54, 1.807) is 6.07 Å². The van der Waals surface area contributed by atoms with Crippen LogP contribution in [0.25, 0.3) is 0 Å². The Labute approximate surface area is 138 Å². The number of benzene rings is 2. The van der Waals surface area contributed by atoms with E-state index in [-0.39, 0.29) is 23.5 Å². The first-order chi connectivity index (χ1) is 11.5. The number of hydrogen-bond acceptors (Lipinski definition) is 6. The molecule has 0 aromatic heterocycles. The van der Waals surface area contributed by atoms with Crippen LogP contribution in [0.1, 0.15) is 21.5 Å². The number of phenols is 2. The van der Waals surface area contributed by atoms with E-state index in [4.69, 9.17) is 9.47 Å². The van der Waals surface area contributed by atoms with Gasteiger partial charge >= 0.3 is 5.97 Å². The van der Waals surface area contributed by atoms with Crippen LogP contribution in [0.15, 0.2) is 36.4 Å². The molecule has 3 rings (SSSR count). The molecule has 6 nitrogen and oxygen atoms in total. The summed E-state index contributed by atoms with van der Waals surface area (Å²) in [4.78, 5) is 23.8. The summed E-state index contributed by atoms with van der Waals surface area (Å²) in [5.74, 6) is -0.731. The van der Waals surface area contributed by atoms with E-state index >= 15 is 0 Å². The Morgan fingerprint density at radius 3 is 2.75 bits per heavy atom. The van der Waals surface area contributed by atoms with Crippen molar-refractivity contribution in [1.82, 2.24) is 0 Å². The normalized spacial score (nSPS) is 12.3. The van der Waals surface area contributed by atoms with Crippen molar-refractivity contribution in [2.75, 3.05) is 13.2 Å². The van der Waals surface area contributed by atoms with Crippen LogP contribution in [-0.2, 0) is 22.4 Å². The molecule has 0 spiro atoms. The molecule has 2 aromatic rings. The Morgan fingerprint density at radius 2 is 1.96 bits per heavy atom. The largest absolute Gasteiger partial charge is 0.508 e. The van der Waals surface area contributed by atoms with Crippen molar-refractivity contribution in [3.05, 3.63) is 53.1 Å². The van der Waals surface area contributed by atoms with Crippen LogP contribution in [0.5, 0.6) is 17.2 Å². The lowest BCUT2D eigenvalue weighted by Gasteiger charge is -2.07. The molecule has 124 valence electrons. The van der Waals surface area contributed by atoms with Gasteiger partial charge in [0.2, 0.25) is 5.78 Å². The van der Waals surface area contributed by atoms with Gasteiger partial charge < -0.3 is 19.7 Å². The van der Waals surface area contributed by atoms with Crippen LogP contribution in [0, 0.1) is 0 Å². The highest BCUT2D eigenvalue weighted by molar-refractivity contribution is 6.00. The fourth-order valence-electron chi connectivity index (χ4n) is 2.55. The molecule has 2 aromatic carbocycles. The summed E-state index contributed by atoms with van der Waals surface area (Å²) in [5.41, 5.74) is 1.85. The van der Waals surface area contributed by atoms with Crippen molar-refractivity contribution in [3.8, 4) is 17.2 Å². The summed E-state index contributed by atoms with van der Waals surface area (Å²) in [6.45, 7) is 0.180. The number of fused-ring (bicyclic) bond motifs is 1. The van der Waals surface area contributed by atoms with Gasteiger partial charge in [-0.25, -0.2) is 0 Å². The fourth-order valence-corrected chi connectivity index (χ4v) is 2.55. The molecule has 0 amide bonds. The predicted octanol–water partition coefficient (Wildman–Crippen LogP) is 2.00. The molecule has 0 bridgehead atoms. The average Bonchev–Trinajstić information content (AvgIpc) is 3.00. The Hall–Kier alpha value is -3.02. The highest BCUT2D eigenvalue weighted by Crippen LogP contribution is 2.26. The van der Waals surface area contributed by atoms with E-state index in [1.807, 2.05) is 12.1 Å². The minimum atomic E-state index is -0.539. The first-order valence-corrected chi connectivity index (χ1v) is 7.48. The quantitative estimate of drug-likeness (QED) is 0.644. The first kappa shape index (κ1) is 15.9. The molecule has 0 aliphatic carbocycles. The Kier molecular flexibility index (Phi) is 4.37. The lowest BCUT2D eigenvalue weighted by molar-refractivity contribution is -0.141. The summed E-state index contributed by atoms with van der Waals surface area (Å²) in [7, 11) is 0. The number of esters is 1. The second-order valence-electron chi connectivity index (χ2n) is 5.50. The molecule has 0 unspecified atom stereocenters. The van der Waals surface area contributed by atoms with Gasteiger partial charge in [0.25, 0.3) is 0 Å². The maximum atomic E-state index is 12.0. The van der Waals surface area contributed by atoms with Gasteiger partial charge in [-0.15, -0.1) is 0 Å². The number of carbonyl (C=O) groups is 2. The van der Waals surface area contributed by atoms with Crippen LogP contribution < -0.4 is 4.74 Å². The molecular weight excluding hydrogens is 312 g/mol. The number of ketones is 1. The van der Waals surface area contributed by atoms with E-state index in [0.717, 1.165) is 29.4 Å². The van der Waals surface area contributed by atoms with Crippen molar-refractivity contribution < 1.29 is 29.3 Å². The van der Waals surface area contributed by atoms with E-state index in [1.165, 1.54) is 12.1 Å². The number of aromatic hydroxyl groups is 2. The van der Waals surface area contributed by atoms with E-state index in [9.17, 15) is 19.8 Å². The Balaban J connectivity index is 1.56. The third-order valence-electron chi connectivity index (χ3n) is 3.75. The number of rotatable bonds is 5. The first-order valence-electron chi connectivity index (χ1n) is 7.48. The zero-order valence-corrected chi connectivity index (χ0v) is 12.8. The zero-order chi connectivity index (χ0) is 17.1. The fraction of sp³-hybridized carbons (Fsp3) is 0.222. The number of hydrogen-bond donors (Lipinski definition) is 2. The lowest BCUT2D eigenvalue weighted by atomic mass is 10.1. The minimum absolute atomic E-state index is 0.00437. The summed E-state index contributed by atoms with van der Waals surface area (Å²) in [5, 5.41) is 18.8. The molecular formula is C18H16O6. The molecule has 0 atom stereocenters. The van der Waals surface area contributed by atoms with Crippen molar-refractivity contribution in [1.29, 1.82) is 0 Å². The van der Waals surface area contributed by atoms with Crippen LogP contribution in [0.3, 0.4) is 0 Å². The summed E-state index contributed by atoms with van der Waals surface area (Å²) in [6, 6.07) is 9.13. The van der Waals surface area contributed by atoms with Crippen molar-refractivity contribution in [2.24, 2.45) is 0 Å². The summed E-state index contributed by atoms with van der Waals surface area (Å²) in [6.07, 6.45) is 0.874. The predicted molar refractivity (Wildman–Crippen MR) is 84.4 cm³/mol. The number of carbonyl (C=O) groups excluding carboxylic acids is 2. The molecule has 2 N–H and O–H groups in total. The van der Waals surface area contributed by atoms with Gasteiger partial charge in [0, 0.05) is 12.5 Å². The number of Topliss-reactive ketones (excluding diaryl/α,β-unsaturated/α-hetero) is 1. The maximum absolute atomic E-state index is 12.0. The molecule has 0 saturated heterocycles. The van der Waals surface area contributed by atoms with Gasteiger partial charge in [-0.1, -0.05) is 12.1 Å². The van der Waals surface area contributed by atoms with Gasteiger partial charge in [0.1, 0.15) is 17.2 Å². The topological polar surface area (TPSA) is 93.1 Å². The SMILES string of the molecule is O=C(Cc1ccc2c(c1)CCO2)OCC(=O)c1ccc(O)cc1O. The standard InChI is InChI=1S/C18H16O6/c19-13-2-3-14(15(20)9-13)16(21)10-24-18(22)8-11-1-4-17-12(7-11)5-6-23-17/h1-4,7,9,19-20H,5-6,8,10H2. The molecule has 1 aliphatic heterocycles. The maximum Gasteiger partial charge on any atom is 0.310 e. The molecule has 6 heteroatoms. The monoisotopic (exact) mass is 328 g/mol. The van der Waals surface area contributed by atoms with Gasteiger partial charge in [0.05, 0.1) is 18.6 Å². The highest BCUT2D eigenvalue weighted by atomic mass is 16.5. The van der Waals surface area contributed by atoms with Crippen molar-refractivity contribution in [3.63, 3.8) is 0 Å². The third kappa shape index (κ3) is 3.48. The van der Waals surface area contributed by atoms with E-state index in [0.29, 0.717) is 6.61 Å². The lowest BCUT2D eigenvalue weighted by Crippen LogP contribution is -2.15. The smallest absolute Gasteiger partial charge is 0.310 e. The van der Waals surface area contributed by atoms with Crippen LogP contribution >= 0.6 is 0 Å². The second kappa shape index (κ2) is 6.62. The van der Waals surface area contributed by atoms with Crippen LogP contribution in [-0.4, -0.2) is 35.2 Å². The van der Waals surface area contributed by atoms with Crippen LogP contribution in [0.2, 0.25) is 0 Å². The third-order valence-corrected chi connectivity index (χ3v) is 3.75. The highest BCUT2D eigenvalue weighted by Gasteiger charge is 2.16. The number of ether oxygens (including phenoxy) is 2.